The van der Waals surface area contributed by atoms with E-state index in [-0.39, 0.29) is 11.4 Å². The number of carbonyl (C=O) groups excluding carboxylic acids is 1. The number of nitro benzene ring substituents is 1. The number of carbonyl (C=O) groups is 1. The number of amides is 1. The van der Waals surface area contributed by atoms with Crippen LogP contribution in [-0.4, -0.2) is 15.4 Å². The number of hydrogen-bond acceptors (Lipinski definition) is 4. The van der Waals surface area contributed by atoms with Crippen molar-refractivity contribution in [3.8, 4) is 0 Å². The smallest absolute Gasteiger partial charge is 0.293 e. The molecule has 1 atom stereocenters. The predicted molar refractivity (Wildman–Crippen MR) is 78.5 cm³/mol. The van der Waals surface area contributed by atoms with Crippen LogP contribution in [0, 0.1) is 10.1 Å². The lowest BCUT2D eigenvalue weighted by molar-refractivity contribution is -0.384. The van der Waals surface area contributed by atoms with Gasteiger partial charge in [-0.2, -0.15) is 0 Å². The highest BCUT2D eigenvalue weighted by molar-refractivity contribution is 7.91. The van der Waals surface area contributed by atoms with Crippen molar-refractivity contribution >= 4 is 28.5 Å². The molecule has 2 aromatic rings. The Morgan fingerprint density at radius 3 is 2.38 bits per heavy atom. The third-order valence-electron chi connectivity index (χ3n) is 2.65. The number of benzene rings is 2. The first kappa shape index (κ1) is 15.0. The average Bonchev–Trinajstić information content (AvgIpc) is 2.46. The van der Waals surface area contributed by atoms with Crippen LogP contribution in [-0.2, 0) is 16.0 Å². The molecule has 1 N–H and O–H groups in total. The number of rotatable bonds is 4. The van der Waals surface area contributed by atoms with Gasteiger partial charge in [0.2, 0.25) is 5.91 Å². The highest BCUT2D eigenvalue weighted by Crippen LogP contribution is 2.30. The zero-order valence-corrected chi connectivity index (χ0v) is 11.9. The summed E-state index contributed by atoms with van der Waals surface area (Å²) in [5, 5.41) is 13.3. The van der Waals surface area contributed by atoms with Gasteiger partial charge in [0.05, 0.1) is 4.92 Å². The Kier molecular flexibility index (Phi) is 4.56. The van der Waals surface area contributed by atoms with E-state index in [0.717, 1.165) is 0 Å². The summed E-state index contributed by atoms with van der Waals surface area (Å²) in [5.74, 6) is -0.430. The molecule has 0 aliphatic rings. The highest BCUT2D eigenvalue weighted by atomic mass is 32.2. The van der Waals surface area contributed by atoms with Gasteiger partial charge in [0.1, 0.15) is 5.69 Å². The summed E-state index contributed by atoms with van der Waals surface area (Å²) in [4.78, 5) is 22.4. The van der Waals surface area contributed by atoms with Crippen molar-refractivity contribution in [2.45, 2.75) is 16.7 Å². The molecule has 0 aromatic heterocycles. The standard InChI is InChI=1S/C14H12N2O4S/c1-10(17)15-13-9-12(7-8-14(13)16(18)19)21(20)11-5-3-2-4-6-11/h2-9H,1H3,(H,15,17). The van der Waals surface area contributed by atoms with Gasteiger partial charge >= 0.3 is 0 Å². The Labute approximate surface area is 124 Å². The number of anilines is 1. The molecule has 2 aromatic carbocycles. The molecule has 6 nitrogen and oxygen atoms in total. The molecule has 0 saturated carbocycles. The van der Waals surface area contributed by atoms with Crippen molar-refractivity contribution in [1.29, 1.82) is 0 Å². The molecule has 0 fully saturated rings. The van der Waals surface area contributed by atoms with Gasteiger partial charge in [0.15, 0.2) is 9.79 Å². The summed E-state index contributed by atoms with van der Waals surface area (Å²) in [6, 6.07) is 12.8. The minimum atomic E-state index is -1.47. The molecule has 0 aliphatic carbocycles. The minimum absolute atomic E-state index is 0.0364. The maximum Gasteiger partial charge on any atom is 0.293 e. The van der Waals surface area contributed by atoms with Crippen molar-refractivity contribution in [1.82, 2.24) is 0 Å². The van der Waals surface area contributed by atoms with E-state index >= 15 is 0 Å². The summed E-state index contributed by atoms with van der Waals surface area (Å²) in [7, 11) is 0. The number of hydrogen-bond donors (Lipinski definition) is 1. The summed E-state index contributed by atoms with van der Waals surface area (Å²) in [5.41, 5.74) is -0.201. The number of nitro groups is 1. The quantitative estimate of drug-likeness (QED) is 0.533. The summed E-state index contributed by atoms with van der Waals surface area (Å²) in [6.07, 6.45) is 0. The third-order valence-corrected chi connectivity index (χ3v) is 4.03. The number of nitrogens with zero attached hydrogens (tertiary/aromatic N) is 1. The number of nitrogens with one attached hydrogen (secondary N) is 1. The lowest BCUT2D eigenvalue weighted by atomic mass is 10.2. The molecule has 7 heteroatoms. The first-order chi connectivity index (χ1) is 9.99. The lowest BCUT2D eigenvalue weighted by Gasteiger charge is -2.11. The Hall–Kier alpha value is -2.38. The Morgan fingerprint density at radius 1 is 1.14 bits per heavy atom. The molecule has 108 valence electrons. The fraction of sp³-hybridized carbons (Fsp3) is 0.0714. The second-order valence-corrected chi connectivity index (χ2v) is 5.68. The molecular weight excluding hydrogens is 292 g/mol. The van der Waals surface area contributed by atoms with Crippen LogP contribution in [0.1, 0.15) is 6.92 Å². The first-order valence-electron chi connectivity index (χ1n) is 6.02. The van der Waals surface area contributed by atoms with Gasteiger partial charge in [-0.25, -0.2) is 0 Å². The van der Waals surface area contributed by atoms with E-state index in [1.807, 2.05) is 0 Å². The molecule has 1 amide bonds. The Balaban J connectivity index is 2.41. The van der Waals surface area contributed by atoms with Crippen LogP contribution in [0.15, 0.2) is 58.3 Å². The van der Waals surface area contributed by atoms with Crippen molar-refractivity contribution in [3.05, 3.63) is 58.6 Å². The van der Waals surface area contributed by atoms with Crippen LogP contribution in [0.5, 0.6) is 0 Å². The molecule has 2 rings (SSSR count). The minimum Gasteiger partial charge on any atom is -0.606 e. The van der Waals surface area contributed by atoms with Gasteiger partial charge in [0.25, 0.3) is 5.69 Å². The van der Waals surface area contributed by atoms with Gasteiger partial charge in [-0.05, 0) is 12.1 Å². The molecule has 0 aliphatic heterocycles. The molecule has 0 radical (unpaired) electrons. The topological polar surface area (TPSA) is 95.3 Å². The second-order valence-electron chi connectivity index (χ2n) is 4.20. The zero-order chi connectivity index (χ0) is 15.4. The molecule has 1 unspecified atom stereocenters. The molecule has 0 bridgehead atoms. The van der Waals surface area contributed by atoms with Crippen molar-refractivity contribution in [3.63, 3.8) is 0 Å². The van der Waals surface area contributed by atoms with Crippen LogP contribution in [0.3, 0.4) is 0 Å². The molecule has 21 heavy (non-hydrogen) atoms. The van der Waals surface area contributed by atoms with Crippen LogP contribution in [0.4, 0.5) is 11.4 Å². The van der Waals surface area contributed by atoms with Crippen LogP contribution >= 0.6 is 0 Å². The van der Waals surface area contributed by atoms with Crippen LogP contribution in [0.25, 0.3) is 0 Å². The molecular formula is C14H12N2O4S. The van der Waals surface area contributed by atoms with Gasteiger partial charge < -0.3 is 9.87 Å². The van der Waals surface area contributed by atoms with E-state index in [9.17, 15) is 19.5 Å². The molecule has 0 heterocycles. The summed E-state index contributed by atoms with van der Waals surface area (Å²) >= 11 is -1.47. The van der Waals surface area contributed by atoms with Crippen molar-refractivity contribution in [2.75, 3.05) is 5.32 Å². The van der Waals surface area contributed by atoms with Crippen LogP contribution < -0.4 is 5.32 Å². The Bertz CT molecular complexity index is 676. The fourth-order valence-electron chi connectivity index (χ4n) is 1.76. The molecule has 0 saturated heterocycles. The summed E-state index contributed by atoms with van der Waals surface area (Å²) in [6.45, 7) is 1.25. The predicted octanol–water partition coefficient (Wildman–Crippen LogP) is 2.72. The lowest BCUT2D eigenvalue weighted by Crippen LogP contribution is -2.10. The van der Waals surface area contributed by atoms with Gasteiger partial charge in [-0.3, -0.25) is 14.9 Å². The summed E-state index contributed by atoms with van der Waals surface area (Å²) < 4.78 is 12.4. The normalized spacial score (nSPS) is 11.7. The van der Waals surface area contributed by atoms with Gasteiger partial charge in [0, 0.05) is 36.3 Å². The molecule has 0 spiro atoms. The van der Waals surface area contributed by atoms with E-state index in [2.05, 4.69) is 5.32 Å². The fourth-order valence-corrected chi connectivity index (χ4v) is 2.85. The van der Waals surface area contributed by atoms with E-state index in [4.69, 9.17) is 0 Å². The van der Waals surface area contributed by atoms with Gasteiger partial charge in [-0.1, -0.05) is 18.2 Å². The van der Waals surface area contributed by atoms with E-state index in [1.54, 1.807) is 30.3 Å². The van der Waals surface area contributed by atoms with Crippen LogP contribution in [0.2, 0.25) is 0 Å². The maximum atomic E-state index is 12.4. The van der Waals surface area contributed by atoms with E-state index < -0.39 is 22.0 Å². The zero-order valence-electron chi connectivity index (χ0n) is 11.1. The highest BCUT2D eigenvalue weighted by Gasteiger charge is 2.21. The SMILES string of the molecule is CC(=O)Nc1cc([S+]([O-])c2ccccc2)ccc1[N+](=O)[O-]. The van der Waals surface area contributed by atoms with Crippen molar-refractivity contribution < 1.29 is 14.3 Å². The van der Waals surface area contributed by atoms with E-state index in [1.165, 1.54) is 25.1 Å². The third kappa shape index (κ3) is 3.59. The first-order valence-corrected chi connectivity index (χ1v) is 7.17. The second kappa shape index (κ2) is 6.38. The monoisotopic (exact) mass is 304 g/mol. The Morgan fingerprint density at radius 2 is 1.81 bits per heavy atom. The van der Waals surface area contributed by atoms with Gasteiger partial charge in [-0.15, -0.1) is 0 Å². The largest absolute Gasteiger partial charge is 0.606 e. The maximum absolute atomic E-state index is 12.4. The average molecular weight is 304 g/mol. The van der Waals surface area contributed by atoms with E-state index in [0.29, 0.717) is 9.79 Å². The van der Waals surface area contributed by atoms with Crippen molar-refractivity contribution in [2.24, 2.45) is 0 Å².